The highest BCUT2D eigenvalue weighted by molar-refractivity contribution is 7.17. The van der Waals surface area contributed by atoms with E-state index < -0.39 is 5.91 Å². The van der Waals surface area contributed by atoms with E-state index in [-0.39, 0.29) is 10.8 Å². The molecule has 0 spiro atoms. The first-order chi connectivity index (χ1) is 10.9. The highest BCUT2D eigenvalue weighted by Crippen LogP contribution is 2.38. The van der Waals surface area contributed by atoms with Crippen LogP contribution in [0.2, 0.25) is 0 Å². The average molecular weight is 351 g/mol. The fourth-order valence-corrected chi connectivity index (χ4v) is 4.97. The molecular weight excluding hydrogens is 334 g/mol. The SMILES string of the molecule is Cc1c(C(=O)Nc2sc3c(c2C(N)=O)CCCC3)sc(=O)n1C. The minimum Gasteiger partial charge on any atom is -0.365 e. The molecule has 8 heteroatoms. The molecule has 1 aliphatic carbocycles. The number of nitrogens with two attached hydrogens (primary N) is 1. The Bertz CT molecular complexity index is 860. The number of carbonyl (C=O) groups excluding carboxylic acids is 2. The first kappa shape index (κ1) is 15.9. The Morgan fingerprint density at radius 2 is 1.91 bits per heavy atom. The van der Waals surface area contributed by atoms with Crippen molar-refractivity contribution >= 4 is 39.5 Å². The normalized spacial score (nSPS) is 13.7. The smallest absolute Gasteiger partial charge is 0.307 e. The molecule has 0 unspecified atom stereocenters. The van der Waals surface area contributed by atoms with Crippen molar-refractivity contribution in [1.29, 1.82) is 0 Å². The van der Waals surface area contributed by atoms with Gasteiger partial charge in [-0.25, -0.2) is 0 Å². The van der Waals surface area contributed by atoms with Crippen LogP contribution < -0.4 is 15.9 Å². The van der Waals surface area contributed by atoms with Gasteiger partial charge in [0, 0.05) is 17.6 Å². The van der Waals surface area contributed by atoms with Gasteiger partial charge in [0.2, 0.25) is 0 Å². The summed E-state index contributed by atoms with van der Waals surface area (Å²) < 4.78 is 1.44. The zero-order chi connectivity index (χ0) is 16.7. The van der Waals surface area contributed by atoms with E-state index in [1.165, 1.54) is 15.9 Å². The van der Waals surface area contributed by atoms with Crippen LogP contribution in [0.4, 0.5) is 5.00 Å². The summed E-state index contributed by atoms with van der Waals surface area (Å²) in [6, 6.07) is 0. The Hall–Kier alpha value is -1.93. The lowest BCUT2D eigenvalue weighted by Gasteiger charge is -2.11. The Balaban J connectivity index is 1.98. The predicted octanol–water partition coefficient (Wildman–Crippen LogP) is 2.05. The lowest BCUT2D eigenvalue weighted by molar-refractivity contribution is 0.100. The minimum absolute atomic E-state index is 0.187. The molecule has 0 atom stereocenters. The molecule has 0 bridgehead atoms. The average Bonchev–Trinajstić information content (AvgIpc) is 2.99. The molecule has 2 heterocycles. The van der Waals surface area contributed by atoms with Gasteiger partial charge in [-0.3, -0.25) is 14.4 Å². The largest absolute Gasteiger partial charge is 0.365 e. The van der Waals surface area contributed by atoms with Crippen molar-refractivity contribution in [3.8, 4) is 0 Å². The third kappa shape index (κ3) is 2.72. The molecule has 0 radical (unpaired) electrons. The van der Waals surface area contributed by atoms with Crippen molar-refractivity contribution in [2.45, 2.75) is 32.6 Å². The van der Waals surface area contributed by atoms with Crippen molar-refractivity contribution in [2.24, 2.45) is 12.8 Å². The quantitative estimate of drug-likeness (QED) is 0.886. The molecular formula is C15H17N3O3S2. The van der Waals surface area contributed by atoms with E-state index in [4.69, 9.17) is 5.73 Å². The van der Waals surface area contributed by atoms with Crippen LogP contribution in [0.25, 0.3) is 0 Å². The summed E-state index contributed by atoms with van der Waals surface area (Å²) in [5, 5.41) is 3.28. The summed E-state index contributed by atoms with van der Waals surface area (Å²) in [6.45, 7) is 1.72. The van der Waals surface area contributed by atoms with Crippen LogP contribution in [0.1, 0.15) is 49.0 Å². The highest BCUT2D eigenvalue weighted by Gasteiger charge is 2.26. The van der Waals surface area contributed by atoms with Crippen molar-refractivity contribution < 1.29 is 9.59 Å². The Kier molecular flexibility index (Phi) is 4.11. The maximum Gasteiger partial charge on any atom is 0.307 e. The number of anilines is 1. The minimum atomic E-state index is -0.516. The maximum absolute atomic E-state index is 12.5. The number of fused-ring (bicyclic) bond motifs is 1. The van der Waals surface area contributed by atoms with Gasteiger partial charge >= 0.3 is 4.87 Å². The molecule has 0 aliphatic heterocycles. The molecule has 0 saturated heterocycles. The number of thiazole rings is 1. The summed E-state index contributed by atoms with van der Waals surface area (Å²) in [7, 11) is 1.63. The van der Waals surface area contributed by atoms with Gasteiger partial charge in [-0.2, -0.15) is 0 Å². The molecule has 0 saturated carbocycles. The first-order valence-electron chi connectivity index (χ1n) is 7.32. The second-order valence-electron chi connectivity index (χ2n) is 5.57. The molecule has 0 aromatic carbocycles. The topological polar surface area (TPSA) is 94.2 Å². The van der Waals surface area contributed by atoms with E-state index in [0.717, 1.165) is 47.5 Å². The van der Waals surface area contributed by atoms with Gasteiger partial charge in [-0.1, -0.05) is 11.3 Å². The first-order valence-corrected chi connectivity index (χ1v) is 8.95. The summed E-state index contributed by atoms with van der Waals surface area (Å²) in [4.78, 5) is 37.3. The summed E-state index contributed by atoms with van der Waals surface area (Å²) in [6.07, 6.45) is 3.83. The number of hydrogen-bond acceptors (Lipinski definition) is 5. The van der Waals surface area contributed by atoms with Crippen molar-refractivity contribution in [2.75, 3.05) is 5.32 Å². The number of thiophene rings is 1. The second-order valence-corrected chi connectivity index (χ2v) is 7.64. The Morgan fingerprint density at radius 1 is 1.22 bits per heavy atom. The number of carbonyl (C=O) groups is 2. The molecule has 6 nitrogen and oxygen atoms in total. The Labute approximate surface area is 140 Å². The molecule has 3 N–H and O–H groups in total. The van der Waals surface area contributed by atoms with E-state index in [1.807, 2.05) is 0 Å². The number of aryl methyl sites for hydroxylation is 1. The molecule has 2 aromatic heterocycles. The van der Waals surface area contributed by atoms with Crippen molar-refractivity contribution in [3.05, 3.63) is 36.2 Å². The fourth-order valence-electron chi connectivity index (χ4n) is 2.80. The highest BCUT2D eigenvalue weighted by atomic mass is 32.1. The van der Waals surface area contributed by atoms with Crippen molar-refractivity contribution in [3.63, 3.8) is 0 Å². The zero-order valence-electron chi connectivity index (χ0n) is 12.9. The second kappa shape index (κ2) is 5.93. The summed E-state index contributed by atoms with van der Waals surface area (Å²) in [5.74, 6) is -0.885. The van der Waals surface area contributed by atoms with Gasteiger partial charge in [-0.15, -0.1) is 11.3 Å². The van der Waals surface area contributed by atoms with Gasteiger partial charge in [0.05, 0.1) is 5.56 Å². The summed E-state index contributed by atoms with van der Waals surface area (Å²) >= 11 is 2.32. The standard InChI is InChI=1S/C15H17N3O3S2/c1-7-11(23-15(21)18(7)2)13(20)17-14-10(12(16)19)8-5-3-4-6-9(8)22-14/h3-6H2,1-2H3,(H2,16,19)(H,17,20). The molecule has 1 aliphatic rings. The third-order valence-corrected chi connectivity index (χ3v) is 6.49. The van der Waals surface area contributed by atoms with Gasteiger partial charge < -0.3 is 15.6 Å². The molecule has 0 fully saturated rings. The number of primary amides is 1. The zero-order valence-corrected chi connectivity index (χ0v) is 14.5. The molecule has 122 valence electrons. The van der Waals surface area contributed by atoms with E-state index >= 15 is 0 Å². The van der Waals surface area contributed by atoms with E-state index in [0.29, 0.717) is 21.1 Å². The molecule has 3 rings (SSSR count). The fraction of sp³-hybridized carbons (Fsp3) is 0.400. The van der Waals surface area contributed by atoms with Gasteiger partial charge in [-0.05, 0) is 38.2 Å². The van der Waals surface area contributed by atoms with Crippen LogP contribution in [0.3, 0.4) is 0 Å². The number of amides is 2. The number of hydrogen-bond donors (Lipinski definition) is 2. The maximum atomic E-state index is 12.5. The van der Waals surface area contributed by atoms with Crippen LogP contribution in [0.5, 0.6) is 0 Å². The Morgan fingerprint density at radius 3 is 2.52 bits per heavy atom. The van der Waals surface area contributed by atoms with Crippen LogP contribution in [0.15, 0.2) is 4.79 Å². The molecule has 2 aromatic rings. The van der Waals surface area contributed by atoms with Gasteiger partial charge in [0.15, 0.2) is 0 Å². The summed E-state index contributed by atoms with van der Waals surface area (Å²) in [5.41, 5.74) is 7.53. The van der Waals surface area contributed by atoms with Crippen LogP contribution in [0, 0.1) is 6.92 Å². The van der Waals surface area contributed by atoms with Crippen LogP contribution in [-0.4, -0.2) is 16.4 Å². The van der Waals surface area contributed by atoms with Crippen molar-refractivity contribution in [1.82, 2.24) is 4.57 Å². The number of nitrogens with zero attached hydrogens (tertiary/aromatic N) is 1. The third-order valence-electron chi connectivity index (χ3n) is 4.15. The number of rotatable bonds is 3. The van der Waals surface area contributed by atoms with Crippen LogP contribution >= 0.6 is 22.7 Å². The molecule has 2 amide bonds. The number of aromatic nitrogens is 1. The van der Waals surface area contributed by atoms with E-state index in [9.17, 15) is 14.4 Å². The van der Waals surface area contributed by atoms with E-state index in [1.54, 1.807) is 14.0 Å². The van der Waals surface area contributed by atoms with Gasteiger partial charge in [0.25, 0.3) is 11.8 Å². The predicted molar refractivity (Wildman–Crippen MR) is 91.7 cm³/mol. The van der Waals surface area contributed by atoms with Gasteiger partial charge in [0.1, 0.15) is 9.88 Å². The number of nitrogens with one attached hydrogen (secondary N) is 1. The lowest BCUT2D eigenvalue weighted by Crippen LogP contribution is -2.18. The van der Waals surface area contributed by atoms with Crippen LogP contribution in [-0.2, 0) is 19.9 Å². The van der Waals surface area contributed by atoms with E-state index in [2.05, 4.69) is 5.32 Å². The monoisotopic (exact) mass is 351 g/mol. The molecule has 23 heavy (non-hydrogen) atoms. The lowest BCUT2D eigenvalue weighted by atomic mass is 9.95.